The van der Waals surface area contributed by atoms with E-state index in [4.69, 9.17) is 4.74 Å². The van der Waals surface area contributed by atoms with Crippen molar-refractivity contribution < 1.29 is 14.3 Å². The molecule has 0 bridgehead atoms. The van der Waals surface area contributed by atoms with E-state index in [2.05, 4.69) is 17.0 Å². The van der Waals surface area contributed by atoms with Gasteiger partial charge in [0.15, 0.2) is 5.78 Å². The van der Waals surface area contributed by atoms with Crippen molar-refractivity contribution in [2.45, 2.75) is 26.7 Å². The van der Waals surface area contributed by atoms with Gasteiger partial charge in [-0.15, -0.1) is 0 Å². The number of anilines is 1. The SMILES string of the molecule is CCOc1ccc(N2CCN(C(=O)CCc3ccc(C(C)=O)cc3)CC2)cc1. The van der Waals surface area contributed by atoms with Crippen LogP contribution in [0.3, 0.4) is 0 Å². The summed E-state index contributed by atoms with van der Waals surface area (Å²) in [6.45, 7) is 7.38. The number of carbonyl (C=O) groups excluding carboxylic acids is 2. The molecule has 0 radical (unpaired) electrons. The van der Waals surface area contributed by atoms with Crippen LogP contribution in [-0.2, 0) is 11.2 Å². The fourth-order valence-corrected chi connectivity index (χ4v) is 3.45. The van der Waals surface area contributed by atoms with Crippen LogP contribution < -0.4 is 9.64 Å². The first kappa shape index (κ1) is 19.9. The highest BCUT2D eigenvalue weighted by Crippen LogP contribution is 2.21. The first-order chi connectivity index (χ1) is 13.6. The van der Waals surface area contributed by atoms with Gasteiger partial charge in [0.1, 0.15) is 5.75 Å². The highest BCUT2D eigenvalue weighted by atomic mass is 16.5. The molecule has 1 saturated heterocycles. The number of ether oxygens (including phenoxy) is 1. The van der Waals surface area contributed by atoms with Crippen molar-refractivity contribution in [3.8, 4) is 5.75 Å². The smallest absolute Gasteiger partial charge is 0.223 e. The Kier molecular flexibility index (Phi) is 6.69. The van der Waals surface area contributed by atoms with E-state index in [1.165, 1.54) is 5.69 Å². The van der Waals surface area contributed by atoms with E-state index in [0.717, 1.165) is 37.5 Å². The molecule has 1 amide bonds. The summed E-state index contributed by atoms with van der Waals surface area (Å²) >= 11 is 0. The topological polar surface area (TPSA) is 49.9 Å². The van der Waals surface area contributed by atoms with Gasteiger partial charge in [-0.25, -0.2) is 0 Å². The van der Waals surface area contributed by atoms with E-state index < -0.39 is 0 Å². The van der Waals surface area contributed by atoms with Crippen LogP contribution >= 0.6 is 0 Å². The summed E-state index contributed by atoms with van der Waals surface area (Å²) in [5.41, 5.74) is 2.97. The van der Waals surface area contributed by atoms with Crippen LogP contribution in [0.15, 0.2) is 48.5 Å². The van der Waals surface area contributed by atoms with E-state index in [1.54, 1.807) is 6.92 Å². The molecule has 5 nitrogen and oxygen atoms in total. The predicted octanol–water partition coefficient (Wildman–Crippen LogP) is 3.57. The largest absolute Gasteiger partial charge is 0.494 e. The van der Waals surface area contributed by atoms with Gasteiger partial charge in [-0.2, -0.15) is 0 Å². The molecule has 28 heavy (non-hydrogen) atoms. The first-order valence-electron chi connectivity index (χ1n) is 9.92. The molecule has 2 aromatic rings. The maximum Gasteiger partial charge on any atom is 0.223 e. The van der Waals surface area contributed by atoms with Crippen molar-refractivity contribution in [3.63, 3.8) is 0 Å². The van der Waals surface area contributed by atoms with Gasteiger partial charge in [0.05, 0.1) is 6.61 Å². The molecule has 0 N–H and O–H groups in total. The van der Waals surface area contributed by atoms with Crippen molar-refractivity contribution in [2.75, 3.05) is 37.7 Å². The molecular weight excluding hydrogens is 352 g/mol. The molecule has 0 spiro atoms. The summed E-state index contributed by atoms with van der Waals surface area (Å²) in [4.78, 5) is 28.1. The Bertz CT molecular complexity index is 792. The van der Waals surface area contributed by atoms with E-state index in [-0.39, 0.29) is 11.7 Å². The number of carbonyl (C=O) groups is 2. The van der Waals surface area contributed by atoms with Crippen LogP contribution in [0.1, 0.15) is 36.2 Å². The van der Waals surface area contributed by atoms with E-state index in [9.17, 15) is 9.59 Å². The average Bonchev–Trinajstić information content (AvgIpc) is 2.73. The van der Waals surface area contributed by atoms with Crippen LogP contribution in [0, 0.1) is 0 Å². The standard InChI is InChI=1S/C23H28N2O3/c1-3-28-22-11-9-21(10-12-22)24-14-16-25(17-15-24)23(27)13-6-19-4-7-20(8-5-19)18(2)26/h4-5,7-12H,3,6,13-17H2,1-2H3. The van der Waals surface area contributed by atoms with Crippen molar-refractivity contribution >= 4 is 17.4 Å². The Morgan fingerprint density at radius 2 is 1.57 bits per heavy atom. The second-order valence-electron chi connectivity index (χ2n) is 7.05. The minimum Gasteiger partial charge on any atom is -0.494 e. The second-order valence-corrected chi connectivity index (χ2v) is 7.05. The van der Waals surface area contributed by atoms with E-state index in [1.807, 2.05) is 48.2 Å². The summed E-state index contributed by atoms with van der Waals surface area (Å²) in [7, 11) is 0. The number of piperazine rings is 1. The van der Waals surface area contributed by atoms with Crippen LogP contribution in [0.2, 0.25) is 0 Å². The Balaban J connectivity index is 1.46. The average molecular weight is 380 g/mol. The molecule has 0 unspecified atom stereocenters. The molecule has 0 saturated carbocycles. The minimum absolute atomic E-state index is 0.0630. The van der Waals surface area contributed by atoms with E-state index >= 15 is 0 Å². The van der Waals surface area contributed by atoms with Crippen LogP contribution in [0.5, 0.6) is 5.75 Å². The third-order valence-electron chi connectivity index (χ3n) is 5.13. The number of ketones is 1. The van der Waals surface area contributed by atoms with Gasteiger partial charge >= 0.3 is 0 Å². The third-order valence-corrected chi connectivity index (χ3v) is 5.13. The summed E-state index contributed by atoms with van der Waals surface area (Å²) < 4.78 is 5.49. The Hall–Kier alpha value is -2.82. The molecule has 0 aliphatic carbocycles. The quantitative estimate of drug-likeness (QED) is 0.689. The Morgan fingerprint density at radius 3 is 2.14 bits per heavy atom. The molecule has 0 aromatic heterocycles. The molecule has 1 aliphatic heterocycles. The number of amides is 1. The van der Waals surface area contributed by atoms with Crippen LogP contribution in [0.4, 0.5) is 5.69 Å². The van der Waals surface area contributed by atoms with Gasteiger partial charge in [-0.3, -0.25) is 9.59 Å². The van der Waals surface area contributed by atoms with Crippen molar-refractivity contribution in [2.24, 2.45) is 0 Å². The van der Waals surface area contributed by atoms with Crippen LogP contribution in [0.25, 0.3) is 0 Å². The zero-order chi connectivity index (χ0) is 19.9. The maximum atomic E-state index is 12.5. The lowest BCUT2D eigenvalue weighted by atomic mass is 10.1. The molecule has 148 valence electrons. The summed E-state index contributed by atoms with van der Waals surface area (Å²) in [5.74, 6) is 1.14. The Labute approximate surface area is 166 Å². The lowest BCUT2D eigenvalue weighted by Gasteiger charge is -2.36. The van der Waals surface area contributed by atoms with Gasteiger partial charge in [0.2, 0.25) is 5.91 Å². The van der Waals surface area contributed by atoms with Gasteiger partial charge in [-0.1, -0.05) is 24.3 Å². The molecule has 1 aliphatic rings. The van der Waals surface area contributed by atoms with Crippen molar-refractivity contribution in [1.82, 2.24) is 4.90 Å². The summed E-state index contributed by atoms with van der Waals surface area (Å²) in [6, 6.07) is 15.7. The number of Topliss-reactive ketones (excluding diaryl/α,β-unsaturated/α-hetero) is 1. The molecule has 5 heteroatoms. The lowest BCUT2D eigenvalue weighted by Crippen LogP contribution is -2.48. The predicted molar refractivity (Wildman–Crippen MR) is 111 cm³/mol. The lowest BCUT2D eigenvalue weighted by molar-refractivity contribution is -0.131. The number of nitrogens with zero attached hydrogens (tertiary/aromatic N) is 2. The van der Waals surface area contributed by atoms with Crippen molar-refractivity contribution in [3.05, 3.63) is 59.7 Å². The minimum atomic E-state index is 0.0630. The number of hydrogen-bond acceptors (Lipinski definition) is 4. The number of hydrogen-bond donors (Lipinski definition) is 0. The monoisotopic (exact) mass is 380 g/mol. The van der Waals surface area contributed by atoms with Crippen molar-refractivity contribution in [1.29, 1.82) is 0 Å². The molecular formula is C23H28N2O3. The zero-order valence-electron chi connectivity index (χ0n) is 16.7. The summed E-state index contributed by atoms with van der Waals surface area (Å²) in [5, 5.41) is 0. The van der Waals surface area contributed by atoms with Gasteiger partial charge in [0.25, 0.3) is 0 Å². The molecule has 1 fully saturated rings. The molecule has 3 rings (SSSR count). The summed E-state index contributed by atoms with van der Waals surface area (Å²) in [6.07, 6.45) is 1.21. The first-order valence-corrected chi connectivity index (χ1v) is 9.92. The molecule has 1 heterocycles. The third kappa shape index (κ3) is 5.12. The molecule has 2 aromatic carbocycles. The fraction of sp³-hybridized carbons (Fsp3) is 0.391. The van der Waals surface area contributed by atoms with Gasteiger partial charge in [0, 0.05) is 43.9 Å². The van der Waals surface area contributed by atoms with E-state index in [0.29, 0.717) is 25.0 Å². The maximum absolute atomic E-state index is 12.5. The highest BCUT2D eigenvalue weighted by Gasteiger charge is 2.21. The number of aryl methyl sites for hydroxylation is 1. The van der Waals surface area contributed by atoms with Crippen LogP contribution in [-0.4, -0.2) is 49.4 Å². The number of rotatable bonds is 7. The normalized spacial score (nSPS) is 14.1. The fourth-order valence-electron chi connectivity index (χ4n) is 3.45. The molecule has 0 atom stereocenters. The second kappa shape index (κ2) is 9.40. The Morgan fingerprint density at radius 1 is 0.929 bits per heavy atom. The van der Waals surface area contributed by atoms with Gasteiger partial charge in [-0.05, 0) is 50.1 Å². The van der Waals surface area contributed by atoms with Gasteiger partial charge < -0.3 is 14.5 Å². The number of benzene rings is 2. The zero-order valence-corrected chi connectivity index (χ0v) is 16.7. The highest BCUT2D eigenvalue weighted by molar-refractivity contribution is 5.94.